The minimum atomic E-state index is -0.634. The zero-order valence-corrected chi connectivity index (χ0v) is 11.9. The van der Waals surface area contributed by atoms with Gasteiger partial charge < -0.3 is 14.2 Å². The number of nitro benzene ring substituents is 1. The first-order valence-corrected chi connectivity index (χ1v) is 6.23. The highest BCUT2D eigenvalue weighted by Gasteiger charge is 2.13. The number of nitrogens with zero attached hydrogens (tertiary/aromatic N) is 1. The van der Waals surface area contributed by atoms with Crippen molar-refractivity contribution in [2.24, 2.45) is 0 Å². The molecule has 114 valence electrons. The summed E-state index contributed by atoms with van der Waals surface area (Å²) in [5.74, 6) is 0.571. The van der Waals surface area contributed by atoms with Crippen LogP contribution in [0.2, 0.25) is 0 Å². The molecular weight excluding hydrogens is 290 g/mol. The molecule has 22 heavy (non-hydrogen) atoms. The summed E-state index contributed by atoms with van der Waals surface area (Å²) in [7, 11) is 2.97. The largest absolute Gasteiger partial charge is 0.496 e. The third-order valence-corrected chi connectivity index (χ3v) is 2.85. The number of benzene rings is 2. The predicted molar refractivity (Wildman–Crippen MR) is 77.6 cm³/mol. The molecule has 0 unspecified atom stereocenters. The van der Waals surface area contributed by atoms with E-state index in [0.29, 0.717) is 11.5 Å². The highest BCUT2D eigenvalue weighted by molar-refractivity contribution is 5.91. The summed E-state index contributed by atoms with van der Waals surface area (Å²) in [6.07, 6.45) is 0. The third-order valence-electron chi connectivity index (χ3n) is 2.85. The second kappa shape index (κ2) is 6.57. The van der Waals surface area contributed by atoms with Gasteiger partial charge in [-0.15, -0.1) is 0 Å². The molecule has 7 nitrogen and oxygen atoms in total. The van der Waals surface area contributed by atoms with Crippen LogP contribution in [0.15, 0.2) is 42.5 Å². The van der Waals surface area contributed by atoms with Gasteiger partial charge in [0.2, 0.25) is 0 Å². The number of methoxy groups -OCH3 is 2. The van der Waals surface area contributed by atoms with Gasteiger partial charge in [-0.3, -0.25) is 10.1 Å². The van der Waals surface area contributed by atoms with Gasteiger partial charge in [0.15, 0.2) is 0 Å². The lowest BCUT2D eigenvalue weighted by Gasteiger charge is -2.09. The van der Waals surface area contributed by atoms with Crippen molar-refractivity contribution in [2.75, 3.05) is 14.2 Å². The van der Waals surface area contributed by atoms with Crippen LogP contribution in [-0.2, 0) is 0 Å². The number of rotatable bonds is 5. The molecule has 0 radical (unpaired) electrons. The van der Waals surface area contributed by atoms with Crippen LogP contribution in [0.4, 0.5) is 5.69 Å². The van der Waals surface area contributed by atoms with Gasteiger partial charge in [0.25, 0.3) is 5.69 Å². The molecule has 7 heteroatoms. The van der Waals surface area contributed by atoms with Crippen LogP contribution in [-0.4, -0.2) is 25.1 Å². The highest BCUT2D eigenvalue weighted by Crippen LogP contribution is 2.28. The number of nitro groups is 1. The van der Waals surface area contributed by atoms with E-state index in [0.717, 1.165) is 0 Å². The molecule has 0 aliphatic heterocycles. The fourth-order valence-corrected chi connectivity index (χ4v) is 1.73. The zero-order valence-electron chi connectivity index (χ0n) is 11.9. The summed E-state index contributed by atoms with van der Waals surface area (Å²) in [4.78, 5) is 22.1. The van der Waals surface area contributed by atoms with Gasteiger partial charge in [-0.05, 0) is 12.1 Å². The van der Waals surface area contributed by atoms with E-state index in [1.165, 1.54) is 50.6 Å². The molecule has 0 atom stereocenters. The number of carbonyl (C=O) groups excluding carboxylic acids is 1. The Morgan fingerprint density at radius 2 is 1.45 bits per heavy atom. The smallest absolute Gasteiger partial charge is 0.343 e. The van der Waals surface area contributed by atoms with Crippen molar-refractivity contribution in [3.63, 3.8) is 0 Å². The van der Waals surface area contributed by atoms with Crippen molar-refractivity contribution in [1.82, 2.24) is 0 Å². The highest BCUT2D eigenvalue weighted by atomic mass is 16.6. The minimum absolute atomic E-state index is 0.0976. The lowest BCUT2D eigenvalue weighted by atomic mass is 10.2. The number of ether oxygens (including phenoxy) is 3. The van der Waals surface area contributed by atoms with Crippen LogP contribution < -0.4 is 14.2 Å². The van der Waals surface area contributed by atoms with Crippen LogP contribution >= 0.6 is 0 Å². The maximum Gasteiger partial charge on any atom is 0.343 e. The molecule has 0 N–H and O–H groups in total. The first-order valence-electron chi connectivity index (χ1n) is 6.23. The summed E-state index contributed by atoms with van der Waals surface area (Å²) in [5.41, 5.74) is 0.104. The van der Waals surface area contributed by atoms with E-state index in [9.17, 15) is 14.9 Å². The van der Waals surface area contributed by atoms with Crippen LogP contribution in [0.5, 0.6) is 17.2 Å². The molecule has 0 heterocycles. The maximum atomic E-state index is 12.0. The molecule has 2 aromatic rings. The molecule has 0 spiro atoms. The van der Waals surface area contributed by atoms with E-state index in [2.05, 4.69) is 0 Å². The molecule has 0 amide bonds. The number of hydrogen-bond acceptors (Lipinski definition) is 6. The Kier molecular flexibility index (Phi) is 4.57. The third kappa shape index (κ3) is 3.51. The average molecular weight is 303 g/mol. The Balaban J connectivity index is 2.19. The zero-order chi connectivity index (χ0) is 16.1. The number of hydrogen-bond donors (Lipinski definition) is 0. The molecule has 2 aromatic carbocycles. The molecule has 0 aliphatic carbocycles. The average Bonchev–Trinajstić information content (AvgIpc) is 2.54. The normalized spacial score (nSPS) is 9.91. The Morgan fingerprint density at radius 1 is 0.955 bits per heavy atom. The molecule has 0 saturated heterocycles. The van der Waals surface area contributed by atoms with Crippen molar-refractivity contribution in [3.05, 3.63) is 58.1 Å². The van der Waals surface area contributed by atoms with Gasteiger partial charge >= 0.3 is 5.97 Å². The Hall–Kier alpha value is -3.09. The van der Waals surface area contributed by atoms with E-state index in [4.69, 9.17) is 14.2 Å². The fraction of sp³-hybridized carbons (Fsp3) is 0.133. The summed E-state index contributed by atoms with van der Waals surface area (Å²) < 4.78 is 15.4. The van der Waals surface area contributed by atoms with Crippen molar-refractivity contribution in [1.29, 1.82) is 0 Å². The van der Waals surface area contributed by atoms with Gasteiger partial charge in [0.1, 0.15) is 17.2 Å². The van der Waals surface area contributed by atoms with Crippen molar-refractivity contribution < 1.29 is 23.9 Å². The number of non-ortho nitro benzene ring substituents is 1. The Labute approximate surface area is 126 Å². The lowest BCUT2D eigenvalue weighted by Crippen LogP contribution is -2.08. The maximum absolute atomic E-state index is 12.0. The van der Waals surface area contributed by atoms with E-state index in [-0.39, 0.29) is 17.0 Å². The van der Waals surface area contributed by atoms with E-state index >= 15 is 0 Å². The molecule has 0 aliphatic rings. The van der Waals surface area contributed by atoms with Crippen LogP contribution in [0.3, 0.4) is 0 Å². The standard InChI is InChI=1S/C15H13NO6/c1-20-12-7-13(21-2)9-14(8-12)22-15(17)10-3-5-11(6-4-10)16(18)19/h3-9H,1-2H3. The SMILES string of the molecule is COc1cc(OC)cc(OC(=O)c2ccc([N+](=O)[O-])cc2)c1. The van der Waals surface area contributed by atoms with E-state index in [1.54, 1.807) is 6.07 Å². The van der Waals surface area contributed by atoms with Crippen LogP contribution in [0.25, 0.3) is 0 Å². The first kappa shape index (κ1) is 15.3. The topological polar surface area (TPSA) is 87.9 Å². The molecule has 0 aromatic heterocycles. The Morgan fingerprint density at radius 3 is 1.91 bits per heavy atom. The number of esters is 1. The molecular formula is C15H13NO6. The molecule has 0 saturated carbocycles. The predicted octanol–water partition coefficient (Wildman–Crippen LogP) is 2.83. The second-order valence-corrected chi connectivity index (χ2v) is 4.24. The van der Waals surface area contributed by atoms with Crippen molar-refractivity contribution in [2.45, 2.75) is 0 Å². The second-order valence-electron chi connectivity index (χ2n) is 4.24. The summed E-state index contributed by atoms with van der Waals surface area (Å²) in [5, 5.41) is 10.6. The van der Waals surface area contributed by atoms with E-state index in [1.807, 2.05) is 0 Å². The van der Waals surface area contributed by atoms with E-state index < -0.39 is 10.9 Å². The van der Waals surface area contributed by atoms with Crippen molar-refractivity contribution >= 4 is 11.7 Å². The molecule has 0 fully saturated rings. The first-order chi connectivity index (χ1) is 10.5. The van der Waals surface area contributed by atoms with Crippen LogP contribution in [0.1, 0.15) is 10.4 Å². The van der Waals surface area contributed by atoms with Gasteiger partial charge in [-0.2, -0.15) is 0 Å². The summed E-state index contributed by atoms with van der Waals surface area (Å²) >= 11 is 0. The molecule has 0 bridgehead atoms. The lowest BCUT2D eigenvalue weighted by molar-refractivity contribution is -0.384. The van der Waals surface area contributed by atoms with Crippen LogP contribution in [0, 0.1) is 10.1 Å². The number of carbonyl (C=O) groups is 1. The quantitative estimate of drug-likeness (QED) is 0.365. The van der Waals surface area contributed by atoms with Gasteiger partial charge in [-0.1, -0.05) is 0 Å². The Bertz CT molecular complexity index is 673. The van der Waals surface area contributed by atoms with Gasteiger partial charge in [-0.25, -0.2) is 4.79 Å². The summed E-state index contributed by atoms with van der Waals surface area (Å²) in [6.45, 7) is 0. The fourth-order valence-electron chi connectivity index (χ4n) is 1.73. The minimum Gasteiger partial charge on any atom is -0.496 e. The van der Waals surface area contributed by atoms with Gasteiger partial charge in [0.05, 0.1) is 24.7 Å². The monoisotopic (exact) mass is 303 g/mol. The summed E-state index contributed by atoms with van der Waals surface area (Å²) in [6, 6.07) is 9.85. The van der Waals surface area contributed by atoms with Crippen molar-refractivity contribution in [3.8, 4) is 17.2 Å². The van der Waals surface area contributed by atoms with Gasteiger partial charge in [0, 0.05) is 30.3 Å². The molecule has 2 rings (SSSR count).